The second kappa shape index (κ2) is 6.79. The maximum Gasteiger partial charge on any atom is 0.321 e. The fourth-order valence-corrected chi connectivity index (χ4v) is 3.56. The molecule has 1 atom stereocenters. The molecule has 2 saturated heterocycles. The number of nitrogens with zero attached hydrogens (tertiary/aromatic N) is 3. The highest BCUT2D eigenvalue weighted by atomic mass is 16.2. The summed E-state index contributed by atoms with van der Waals surface area (Å²) in [5, 5.41) is 3.02. The fraction of sp³-hybridized carbons (Fsp3) is 0.611. The highest BCUT2D eigenvalue weighted by molar-refractivity contribution is 5.90. The predicted molar refractivity (Wildman–Crippen MR) is 95.2 cm³/mol. The number of hydrogen-bond acceptors (Lipinski definition) is 3. The lowest BCUT2D eigenvalue weighted by atomic mass is 9.98. The van der Waals surface area contributed by atoms with Crippen LogP contribution < -0.4 is 10.2 Å². The van der Waals surface area contributed by atoms with E-state index >= 15 is 0 Å². The molecule has 23 heavy (non-hydrogen) atoms. The maximum absolute atomic E-state index is 12.4. The summed E-state index contributed by atoms with van der Waals surface area (Å²) in [4.78, 5) is 18.9. The van der Waals surface area contributed by atoms with Crippen molar-refractivity contribution in [2.24, 2.45) is 0 Å². The number of urea groups is 1. The molecule has 5 heteroatoms. The molecule has 2 amide bonds. The molecule has 0 aliphatic carbocycles. The number of piperidine rings is 1. The predicted octanol–water partition coefficient (Wildman–Crippen LogP) is 2.84. The molecule has 2 fully saturated rings. The molecule has 3 rings (SSSR count). The Labute approximate surface area is 139 Å². The summed E-state index contributed by atoms with van der Waals surface area (Å²) in [5.74, 6) is 0. The van der Waals surface area contributed by atoms with Crippen molar-refractivity contribution in [3.63, 3.8) is 0 Å². The van der Waals surface area contributed by atoms with Crippen LogP contribution in [0.4, 0.5) is 16.2 Å². The van der Waals surface area contributed by atoms with Gasteiger partial charge in [0.25, 0.3) is 0 Å². The first kappa shape index (κ1) is 16.1. The molecule has 1 aromatic rings. The number of carbonyl (C=O) groups is 1. The summed E-state index contributed by atoms with van der Waals surface area (Å²) < 4.78 is 0. The van der Waals surface area contributed by atoms with E-state index in [0.29, 0.717) is 12.1 Å². The number of amides is 2. The minimum atomic E-state index is 0.0156. The third-order valence-corrected chi connectivity index (χ3v) is 5.09. The van der Waals surface area contributed by atoms with E-state index in [4.69, 9.17) is 0 Å². The zero-order valence-electron chi connectivity index (χ0n) is 14.5. The monoisotopic (exact) mass is 316 g/mol. The minimum Gasteiger partial charge on any atom is -0.378 e. The lowest BCUT2D eigenvalue weighted by molar-refractivity contribution is 0.0199. The Kier molecular flexibility index (Phi) is 4.76. The van der Waals surface area contributed by atoms with Crippen LogP contribution in [-0.2, 0) is 0 Å². The zero-order valence-corrected chi connectivity index (χ0v) is 14.5. The van der Waals surface area contributed by atoms with Gasteiger partial charge in [-0.2, -0.15) is 0 Å². The van der Waals surface area contributed by atoms with Crippen LogP contribution in [0.5, 0.6) is 0 Å². The molecule has 1 aromatic carbocycles. The number of anilines is 2. The number of rotatable bonds is 3. The van der Waals surface area contributed by atoms with E-state index < -0.39 is 0 Å². The summed E-state index contributed by atoms with van der Waals surface area (Å²) in [5.41, 5.74) is 1.95. The molecule has 0 unspecified atom stereocenters. The van der Waals surface area contributed by atoms with Crippen LogP contribution in [0.3, 0.4) is 0 Å². The minimum absolute atomic E-state index is 0.0156. The first-order chi connectivity index (χ1) is 11.0. The van der Waals surface area contributed by atoms with E-state index in [1.165, 1.54) is 25.8 Å². The van der Waals surface area contributed by atoms with E-state index in [1.54, 1.807) is 0 Å². The Hall–Kier alpha value is -1.75. The summed E-state index contributed by atoms with van der Waals surface area (Å²) in [6.45, 7) is 5.20. The Bertz CT molecular complexity index is 554. The lowest BCUT2D eigenvalue weighted by Gasteiger charge is -2.49. The fourth-order valence-electron chi connectivity index (χ4n) is 3.56. The number of nitrogens with one attached hydrogen (secondary N) is 1. The molecule has 0 spiro atoms. The first-order valence-electron chi connectivity index (χ1n) is 8.63. The van der Waals surface area contributed by atoms with Crippen molar-refractivity contribution in [2.45, 2.75) is 38.3 Å². The third-order valence-electron chi connectivity index (χ3n) is 5.09. The van der Waals surface area contributed by atoms with Crippen molar-refractivity contribution >= 4 is 17.4 Å². The van der Waals surface area contributed by atoms with Gasteiger partial charge in [0, 0.05) is 50.6 Å². The van der Waals surface area contributed by atoms with Gasteiger partial charge in [0.05, 0.1) is 0 Å². The van der Waals surface area contributed by atoms with Gasteiger partial charge in [-0.3, -0.25) is 4.90 Å². The molecule has 5 nitrogen and oxygen atoms in total. The smallest absolute Gasteiger partial charge is 0.321 e. The molecule has 0 saturated carbocycles. The van der Waals surface area contributed by atoms with Crippen LogP contribution >= 0.6 is 0 Å². The maximum atomic E-state index is 12.4. The van der Waals surface area contributed by atoms with Crippen LogP contribution in [0.15, 0.2) is 24.3 Å². The largest absolute Gasteiger partial charge is 0.378 e. The highest BCUT2D eigenvalue weighted by Gasteiger charge is 2.37. The van der Waals surface area contributed by atoms with Crippen molar-refractivity contribution in [2.75, 3.05) is 43.9 Å². The van der Waals surface area contributed by atoms with Gasteiger partial charge in [0.2, 0.25) is 0 Å². The Morgan fingerprint density at radius 2 is 2.04 bits per heavy atom. The summed E-state index contributed by atoms with van der Waals surface area (Å²) in [6, 6.07) is 9.17. The summed E-state index contributed by atoms with van der Waals surface area (Å²) >= 11 is 0. The lowest BCUT2D eigenvalue weighted by Crippen LogP contribution is -2.64. The van der Waals surface area contributed by atoms with Crippen molar-refractivity contribution in [3.8, 4) is 0 Å². The van der Waals surface area contributed by atoms with Gasteiger partial charge in [-0.1, -0.05) is 12.5 Å². The van der Waals surface area contributed by atoms with Crippen LogP contribution in [0, 0.1) is 0 Å². The van der Waals surface area contributed by atoms with Crippen LogP contribution in [-0.4, -0.2) is 61.6 Å². The molecule has 1 N–H and O–H groups in total. The molecule has 0 aromatic heterocycles. The van der Waals surface area contributed by atoms with Crippen molar-refractivity contribution < 1.29 is 4.79 Å². The van der Waals surface area contributed by atoms with E-state index in [-0.39, 0.29) is 6.03 Å². The molecule has 126 valence electrons. The van der Waals surface area contributed by atoms with E-state index in [0.717, 1.165) is 24.5 Å². The van der Waals surface area contributed by atoms with E-state index in [2.05, 4.69) is 17.1 Å². The summed E-state index contributed by atoms with van der Waals surface area (Å²) in [7, 11) is 4.00. The van der Waals surface area contributed by atoms with Gasteiger partial charge in [0.1, 0.15) is 0 Å². The second-order valence-corrected chi connectivity index (χ2v) is 7.02. The molecule has 2 aliphatic rings. The van der Waals surface area contributed by atoms with Crippen LogP contribution in [0.1, 0.15) is 26.2 Å². The average Bonchev–Trinajstić information content (AvgIpc) is 2.48. The van der Waals surface area contributed by atoms with Gasteiger partial charge in [-0.05, 0) is 44.5 Å². The Morgan fingerprint density at radius 3 is 2.74 bits per heavy atom. The normalized spacial score (nSPS) is 22.6. The average molecular weight is 316 g/mol. The molecular weight excluding hydrogens is 288 g/mol. The number of hydrogen-bond donors (Lipinski definition) is 1. The van der Waals surface area contributed by atoms with Gasteiger partial charge in [0.15, 0.2) is 0 Å². The van der Waals surface area contributed by atoms with Gasteiger partial charge in [-0.25, -0.2) is 4.79 Å². The SMILES string of the molecule is C[C@H]1CCCCN1C1CN(C(=O)Nc2cccc(N(C)C)c2)C1. The number of benzene rings is 1. The van der Waals surface area contributed by atoms with Gasteiger partial charge >= 0.3 is 6.03 Å². The van der Waals surface area contributed by atoms with E-state index in [1.807, 2.05) is 48.2 Å². The highest BCUT2D eigenvalue weighted by Crippen LogP contribution is 2.25. The van der Waals surface area contributed by atoms with Gasteiger partial charge < -0.3 is 15.1 Å². The molecule has 2 aliphatic heterocycles. The van der Waals surface area contributed by atoms with Crippen molar-refractivity contribution in [1.29, 1.82) is 0 Å². The molecule has 0 radical (unpaired) electrons. The quantitative estimate of drug-likeness (QED) is 0.932. The first-order valence-corrected chi connectivity index (χ1v) is 8.63. The van der Waals surface area contributed by atoms with Gasteiger partial charge in [-0.15, -0.1) is 0 Å². The van der Waals surface area contributed by atoms with Crippen LogP contribution in [0.25, 0.3) is 0 Å². The van der Waals surface area contributed by atoms with Crippen molar-refractivity contribution in [1.82, 2.24) is 9.80 Å². The topological polar surface area (TPSA) is 38.8 Å². The Morgan fingerprint density at radius 1 is 1.26 bits per heavy atom. The number of carbonyl (C=O) groups excluding carboxylic acids is 1. The third kappa shape index (κ3) is 3.61. The number of likely N-dealkylation sites (tertiary alicyclic amines) is 2. The zero-order chi connectivity index (χ0) is 16.4. The molecule has 2 heterocycles. The molecule has 0 bridgehead atoms. The van der Waals surface area contributed by atoms with Crippen molar-refractivity contribution in [3.05, 3.63) is 24.3 Å². The second-order valence-electron chi connectivity index (χ2n) is 7.02. The van der Waals surface area contributed by atoms with Crippen LogP contribution in [0.2, 0.25) is 0 Å². The Balaban J connectivity index is 1.52. The standard InChI is InChI=1S/C18H28N4O/c1-14-7-4-5-10-22(14)17-12-21(13-17)18(23)19-15-8-6-9-16(11-15)20(2)3/h6,8-9,11,14,17H,4-5,7,10,12-13H2,1-3H3,(H,19,23)/t14-/m0/s1. The molecular formula is C18H28N4O. The van der Waals surface area contributed by atoms with E-state index in [9.17, 15) is 4.79 Å². The summed E-state index contributed by atoms with van der Waals surface area (Å²) in [6.07, 6.45) is 3.93.